The van der Waals surface area contributed by atoms with Gasteiger partial charge in [0.05, 0.1) is 7.11 Å². The Balaban J connectivity index is 0.00000338. The van der Waals surface area contributed by atoms with Gasteiger partial charge < -0.3 is 15.8 Å². The number of ether oxygens (including phenoxy) is 1. The molecule has 0 aliphatic heterocycles. The number of rotatable bonds is 10. The van der Waals surface area contributed by atoms with Crippen LogP contribution in [0.2, 0.25) is 0 Å². The summed E-state index contributed by atoms with van der Waals surface area (Å²) >= 11 is 0. The van der Waals surface area contributed by atoms with Crippen LogP contribution in [0.5, 0.6) is 5.75 Å². The molecule has 0 atom stereocenters. The van der Waals surface area contributed by atoms with E-state index >= 15 is 0 Å². The Morgan fingerprint density at radius 1 is 0.923 bits per heavy atom. The molecule has 0 aliphatic rings. The number of amides is 1. The highest BCUT2D eigenvalue weighted by Gasteiger charge is 2.03. The lowest BCUT2D eigenvalue weighted by Crippen LogP contribution is -2.22. The molecule has 0 unspecified atom stereocenters. The van der Waals surface area contributed by atoms with Gasteiger partial charge in [0, 0.05) is 13.0 Å². The van der Waals surface area contributed by atoms with Gasteiger partial charge in [-0.05, 0) is 48.2 Å². The monoisotopic (exact) mass is 376 g/mol. The molecule has 0 saturated carbocycles. The molecule has 2 rings (SSSR count). The average Bonchev–Trinajstić information content (AvgIpc) is 2.67. The molecular formula is C21H29ClN2O2. The number of nitrogens with one attached hydrogen (secondary N) is 1. The second kappa shape index (κ2) is 12.3. The van der Waals surface area contributed by atoms with E-state index in [0.29, 0.717) is 13.0 Å². The summed E-state index contributed by atoms with van der Waals surface area (Å²) in [6.45, 7) is 1.31. The van der Waals surface area contributed by atoms with Crippen molar-refractivity contribution in [3.8, 4) is 16.9 Å². The van der Waals surface area contributed by atoms with Gasteiger partial charge in [0.15, 0.2) is 0 Å². The van der Waals surface area contributed by atoms with E-state index in [0.717, 1.165) is 54.7 Å². The number of carbonyl (C=O) groups is 1. The molecule has 0 heterocycles. The van der Waals surface area contributed by atoms with E-state index in [-0.39, 0.29) is 18.3 Å². The fraction of sp³-hybridized carbons (Fsp3) is 0.381. The number of halogens is 1. The Bertz CT molecular complexity index is 642. The number of unbranched alkanes of at least 4 members (excludes halogenated alkanes) is 3. The predicted octanol–water partition coefficient (Wildman–Crippen LogP) is 4.31. The fourth-order valence-electron chi connectivity index (χ4n) is 2.67. The van der Waals surface area contributed by atoms with Gasteiger partial charge in [0.2, 0.25) is 5.91 Å². The van der Waals surface area contributed by atoms with Crippen molar-refractivity contribution >= 4 is 18.3 Å². The lowest BCUT2D eigenvalue weighted by atomic mass is 10.0. The molecule has 0 bridgehead atoms. The van der Waals surface area contributed by atoms with Crippen molar-refractivity contribution in [1.29, 1.82) is 0 Å². The highest BCUT2D eigenvalue weighted by Crippen LogP contribution is 2.22. The largest absolute Gasteiger partial charge is 0.497 e. The maximum Gasteiger partial charge on any atom is 0.220 e. The molecule has 1 amide bonds. The van der Waals surface area contributed by atoms with Gasteiger partial charge in [-0.15, -0.1) is 12.4 Å². The van der Waals surface area contributed by atoms with Gasteiger partial charge in [-0.3, -0.25) is 4.79 Å². The summed E-state index contributed by atoms with van der Waals surface area (Å²) in [7, 11) is 1.66. The zero-order chi connectivity index (χ0) is 17.9. The molecule has 0 saturated heterocycles. The summed E-state index contributed by atoms with van der Waals surface area (Å²) in [6.07, 6.45) is 4.75. The van der Waals surface area contributed by atoms with E-state index in [2.05, 4.69) is 29.6 Å². The molecule has 142 valence electrons. The van der Waals surface area contributed by atoms with Gasteiger partial charge in [0.1, 0.15) is 5.75 Å². The minimum absolute atomic E-state index is 0. The van der Waals surface area contributed by atoms with Crippen LogP contribution < -0.4 is 15.8 Å². The number of methoxy groups -OCH3 is 1. The van der Waals surface area contributed by atoms with E-state index in [1.54, 1.807) is 7.11 Å². The normalized spacial score (nSPS) is 10.1. The quantitative estimate of drug-likeness (QED) is 0.607. The average molecular weight is 377 g/mol. The van der Waals surface area contributed by atoms with Gasteiger partial charge in [0.25, 0.3) is 0 Å². The zero-order valence-electron chi connectivity index (χ0n) is 15.4. The standard InChI is InChI=1S/C21H28N2O2.ClH/c1-25-20-13-11-19(12-14-20)18-9-7-17(8-10-18)16-23-21(24)6-4-2-3-5-15-22;/h7-14H,2-6,15-16,22H2,1H3,(H,23,24);1H. The second-order valence-electron chi connectivity index (χ2n) is 6.16. The lowest BCUT2D eigenvalue weighted by Gasteiger charge is -2.07. The summed E-state index contributed by atoms with van der Waals surface area (Å²) in [5.41, 5.74) is 8.86. The Morgan fingerprint density at radius 3 is 2.08 bits per heavy atom. The smallest absolute Gasteiger partial charge is 0.220 e. The summed E-state index contributed by atoms with van der Waals surface area (Å²) < 4.78 is 5.18. The molecule has 0 fully saturated rings. The van der Waals surface area contributed by atoms with Gasteiger partial charge in [-0.25, -0.2) is 0 Å². The minimum atomic E-state index is 0. The zero-order valence-corrected chi connectivity index (χ0v) is 16.2. The van der Waals surface area contributed by atoms with Crippen molar-refractivity contribution in [2.75, 3.05) is 13.7 Å². The summed E-state index contributed by atoms with van der Waals surface area (Å²) in [5.74, 6) is 0.970. The number of hydrogen-bond donors (Lipinski definition) is 2. The van der Waals surface area contributed by atoms with Crippen LogP contribution in [0, 0.1) is 0 Å². The highest BCUT2D eigenvalue weighted by atomic mass is 35.5. The Morgan fingerprint density at radius 2 is 1.50 bits per heavy atom. The van der Waals surface area contributed by atoms with Crippen molar-refractivity contribution in [2.24, 2.45) is 5.73 Å². The molecule has 5 heteroatoms. The molecule has 0 aliphatic carbocycles. The van der Waals surface area contributed by atoms with Crippen LogP contribution in [0.15, 0.2) is 48.5 Å². The Labute approximate surface area is 162 Å². The number of nitrogens with two attached hydrogens (primary N) is 1. The molecule has 0 spiro atoms. The van der Waals surface area contributed by atoms with Crippen LogP contribution in [-0.2, 0) is 11.3 Å². The SMILES string of the molecule is COc1ccc(-c2ccc(CNC(=O)CCCCCCN)cc2)cc1.Cl. The van der Waals surface area contributed by atoms with E-state index < -0.39 is 0 Å². The molecule has 0 aromatic heterocycles. The number of carbonyl (C=O) groups excluding carboxylic acids is 1. The van der Waals surface area contributed by atoms with Crippen LogP contribution in [0.25, 0.3) is 11.1 Å². The van der Waals surface area contributed by atoms with Crippen molar-refractivity contribution < 1.29 is 9.53 Å². The van der Waals surface area contributed by atoms with Crippen LogP contribution in [0.1, 0.15) is 37.7 Å². The van der Waals surface area contributed by atoms with E-state index in [1.807, 2.05) is 24.3 Å². The van der Waals surface area contributed by atoms with Crippen LogP contribution >= 0.6 is 12.4 Å². The molecular weight excluding hydrogens is 348 g/mol. The first-order valence-electron chi connectivity index (χ1n) is 8.93. The summed E-state index contributed by atoms with van der Waals surface area (Å²) in [4.78, 5) is 11.9. The predicted molar refractivity (Wildman–Crippen MR) is 110 cm³/mol. The first kappa shape index (κ1) is 22.0. The molecule has 0 radical (unpaired) electrons. The van der Waals surface area contributed by atoms with Crippen LogP contribution in [0.4, 0.5) is 0 Å². The van der Waals surface area contributed by atoms with Crippen LogP contribution in [-0.4, -0.2) is 19.6 Å². The molecule has 3 N–H and O–H groups in total. The Kier molecular flexibility index (Phi) is 10.4. The fourth-order valence-corrected chi connectivity index (χ4v) is 2.67. The summed E-state index contributed by atoms with van der Waals surface area (Å²) in [6, 6.07) is 16.3. The minimum Gasteiger partial charge on any atom is -0.497 e. The van der Waals surface area contributed by atoms with Gasteiger partial charge >= 0.3 is 0 Å². The topological polar surface area (TPSA) is 64.3 Å². The van der Waals surface area contributed by atoms with Gasteiger partial charge in [-0.2, -0.15) is 0 Å². The molecule has 4 nitrogen and oxygen atoms in total. The third kappa shape index (κ3) is 7.46. The molecule has 2 aromatic rings. The number of hydrogen-bond acceptors (Lipinski definition) is 3. The first-order valence-corrected chi connectivity index (χ1v) is 8.93. The maximum absolute atomic E-state index is 11.9. The van der Waals surface area contributed by atoms with Crippen molar-refractivity contribution in [3.05, 3.63) is 54.1 Å². The highest BCUT2D eigenvalue weighted by molar-refractivity contribution is 5.85. The molecule has 2 aromatic carbocycles. The third-order valence-electron chi connectivity index (χ3n) is 4.22. The van der Waals surface area contributed by atoms with E-state index in [1.165, 1.54) is 0 Å². The van der Waals surface area contributed by atoms with Crippen molar-refractivity contribution in [2.45, 2.75) is 38.6 Å². The Hall–Kier alpha value is -2.04. The van der Waals surface area contributed by atoms with E-state index in [9.17, 15) is 4.79 Å². The summed E-state index contributed by atoms with van der Waals surface area (Å²) in [5, 5.41) is 2.98. The van der Waals surface area contributed by atoms with E-state index in [4.69, 9.17) is 10.5 Å². The molecule has 26 heavy (non-hydrogen) atoms. The number of benzene rings is 2. The van der Waals surface area contributed by atoms with Crippen molar-refractivity contribution in [3.63, 3.8) is 0 Å². The maximum atomic E-state index is 11.9. The van der Waals surface area contributed by atoms with Gasteiger partial charge in [-0.1, -0.05) is 49.2 Å². The second-order valence-corrected chi connectivity index (χ2v) is 6.16. The van der Waals surface area contributed by atoms with Crippen molar-refractivity contribution in [1.82, 2.24) is 5.32 Å². The van der Waals surface area contributed by atoms with Crippen LogP contribution in [0.3, 0.4) is 0 Å². The third-order valence-corrected chi connectivity index (χ3v) is 4.22. The first-order chi connectivity index (χ1) is 12.2. The lowest BCUT2D eigenvalue weighted by molar-refractivity contribution is -0.121.